The highest BCUT2D eigenvalue weighted by atomic mass is 32.2. The van der Waals surface area contributed by atoms with E-state index in [-0.39, 0.29) is 22.8 Å². The van der Waals surface area contributed by atoms with Gasteiger partial charge >= 0.3 is 0 Å². The maximum Gasteiger partial charge on any atom is 0.263 e. The van der Waals surface area contributed by atoms with Crippen molar-refractivity contribution >= 4 is 15.8 Å². The van der Waals surface area contributed by atoms with Crippen molar-refractivity contribution < 1.29 is 12.8 Å². The number of halogens is 1. The van der Waals surface area contributed by atoms with Gasteiger partial charge in [0.05, 0.1) is 11.1 Å². The van der Waals surface area contributed by atoms with Gasteiger partial charge < -0.3 is 5.73 Å². The Balaban J connectivity index is 2.46. The van der Waals surface area contributed by atoms with E-state index in [1.807, 2.05) is 0 Å². The number of hydrogen-bond acceptors (Lipinski definition) is 4. The second-order valence-electron chi connectivity index (χ2n) is 3.87. The van der Waals surface area contributed by atoms with E-state index in [0.717, 1.165) is 0 Å². The maximum atomic E-state index is 13.5. The van der Waals surface area contributed by atoms with Gasteiger partial charge in [-0.25, -0.2) is 12.8 Å². The number of sulfonamides is 1. The molecule has 0 spiro atoms. The van der Waals surface area contributed by atoms with Gasteiger partial charge in [0.15, 0.2) is 0 Å². The molecule has 0 saturated carbocycles. The molecule has 0 aliphatic carbocycles. The minimum absolute atomic E-state index is 0.0443. The Morgan fingerprint density at radius 3 is 2.74 bits per heavy atom. The zero-order chi connectivity index (χ0) is 14.0. The first-order chi connectivity index (χ1) is 8.95. The van der Waals surface area contributed by atoms with Crippen molar-refractivity contribution in [3.05, 3.63) is 41.8 Å². The zero-order valence-corrected chi connectivity index (χ0v) is 11.0. The summed E-state index contributed by atoms with van der Waals surface area (Å²) in [5.74, 6) is -0.359. The minimum Gasteiger partial charge on any atom is -0.326 e. The van der Waals surface area contributed by atoms with Crippen LogP contribution in [0.1, 0.15) is 5.56 Å². The SMILES string of the molecule is Cn1nccc1NS(=O)(=O)c1cccc(F)c1CN. The van der Waals surface area contributed by atoms with Crippen molar-refractivity contribution in [2.75, 3.05) is 4.72 Å². The molecule has 19 heavy (non-hydrogen) atoms. The van der Waals surface area contributed by atoms with E-state index in [1.165, 1.54) is 35.1 Å². The molecule has 0 radical (unpaired) electrons. The molecule has 0 aliphatic rings. The molecule has 8 heteroatoms. The van der Waals surface area contributed by atoms with Crippen molar-refractivity contribution in [1.29, 1.82) is 0 Å². The lowest BCUT2D eigenvalue weighted by Crippen LogP contribution is -2.18. The number of aryl methyl sites for hydroxylation is 1. The first kappa shape index (κ1) is 13.5. The van der Waals surface area contributed by atoms with Gasteiger partial charge in [0.25, 0.3) is 10.0 Å². The largest absolute Gasteiger partial charge is 0.326 e. The molecule has 0 unspecified atom stereocenters. The molecule has 3 N–H and O–H groups in total. The highest BCUT2D eigenvalue weighted by Gasteiger charge is 2.21. The zero-order valence-electron chi connectivity index (χ0n) is 10.2. The second-order valence-corrected chi connectivity index (χ2v) is 5.52. The van der Waals surface area contributed by atoms with Gasteiger partial charge in [-0.3, -0.25) is 9.40 Å². The third-order valence-corrected chi connectivity index (χ3v) is 4.07. The number of anilines is 1. The number of nitrogens with zero attached hydrogens (tertiary/aromatic N) is 2. The third-order valence-electron chi connectivity index (χ3n) is 2.63. The van der Waals surface area contributed by atoms with E-state index in [2.05, 4.69) is 9.82 Å². The van der Waals surface area contributed by atoms with Crippen LogP contribution in [0.15, 0.2) is 35.4 Å². The summed E-state index contributed by atoms with van der Waals surface area (Å²) in [4.78, 5) is -0.170. The number of aromatic nitrogens is 2. The third kappa shape index (κ3) is 2.59. The fourth-order valence-electron chi connectivity index (χ4n) is 1.66. The van der Waals surface area contributed by atoms with E-state index >= 15 is 0 Å². The molecular formula is C11H13FN4O2S. The Hall–Kier alpha value is -1.93. The monoisotopic (exact) mass is 284 g/mol. The quantitative estimate of drug-likeness (QED) is 0.869. The van der Waals surface area contributed by atoms with Crippen LogP contribution in [0.25, 0.3) is 0 Å². The Morgan fingerprint density at radius 1 is 1.42 bits per heavy atom. The summed E-state index contributed by atoms with van der Waals surface area (Å²) < 4.78 is 41.7. The van der Waals surface area contributed by atoms with Gasteiger partial charge in [-0.1, -0.05) is 6.07 Å². The van der Waals surface area contributed by atoms with Gasteiger partial charge in [-0.05, 0) is 12.1 Å². The van der Waals surface area contributed by atoms with Crippen molar-refractivity contribution in [3.63, 3.8) is 0 Å². The van der Waals surface area contributed by atoms with Gasteiger partial charge in [-0.15, -0.1) is 0 Å². The summed E-state index contributed by atoms with van der Waals surface area (Å²) in [6.45, 7) is -0.200. The van der Waals surface area contributed by atoms with Crippen LogP contribution in [0, 0.1) is 5.82 Å². The van der Waals surface area contributed by atoms with Crippen molar-refractivity contribution in [3.8, 4) is 0 Å². The van der Waals surface area contributed by atoms with E-state index in [1.54, 1.807) is 7.05 Å². The predicted molar refractivity (Wildman–Crippen MR) is 68.3 cm³/mol. The van der Waals surface area contributed by atoms with Crippen molar-refractivity contribution in [2.24, 2.45) is 12.8 Å². The summed E-state index contributed by atoms with van der Waals surface area (Å²) in [5, 5.41) is 3.85. The summed E-state index contributed by atoms with van der Waals surface area (Å²) in [6, 6.07) is 5.31. The van der Waals surface area contributed by atoms with Gasteiger partial charge in [0.1, 0.15) is 11.6 Å². The van der Waals surface area contributed by atoms with Crippen LogP contribution in [-0.2, 0) is 23.6 Å². The van der Waals surface area contributed by atoms with Crippen LogP contribution in [0.2, 0.25) is 0 Å². The fourth-order valence-corrected chi connectivity index (χ4v) is 3.00. The Morgan fingerprint density at radius 2 is 2.16 bits per heavy atom. The molecular weight excluding hydrogens is 271 g/mol. The number of hydrogen-bond donors (Lipinski definition) is 2. The lowest BCUT2D eigenvalue weighted by Gasteiger charge is -2.11. The summed E-state index contributed by atoms with van der Waals surface area (Å²) >= 11 is 0. The second kappa shape index (κ2) is 4.98. The van der Waals surface area contributed by atoms with Gasteiger partial charge in [-0.2, -0.15) is 5.10 Å². The average Bonchev–Trinajstić information content (AvgIpc) is 2.74. The summed E-state index contributed by atoms with van der Waals surface area (Å²) in [7, 11) is -2.31. The van der Waals surface area contributed by atoms with E-state index in [0.29, 0.717) is 0 Å². The Bertz CT molecular complexity index is 696. The van der Waals surface area contributed by atoms with Crippen LogP contribution < -0.4 is 10.5 Å². The van der Waals surface area contributed by atoms with Crippen LogP contribution in [0.5, 0.6) is 0 Å². The van der Waals surface area contributed by atoms with Gasteiger partial charge in [0.2, 0.25) is 0 Å². The molecule has 0 bridgehead atoms. The normalized spacial score (nSPS) is 11.5. The summed E-state index contributed by atoms with van der Waals surface area (Å²) in [5.41, 5.74) is 5.36. The van der Waals surface area contributed by atoms with E-state index in [4.69, 9.17) is 5.73 Å². The summed E-state index contributed by atoms with van der Waals surface area (Å²) in [6.07, 6.45) is 1.45. The van der Waals surface area contributed by atoms with Crippen LogP contribution in [0.4, 0.5) is 10.2 Å². The standard InChI is InChI=1S/C11H13FN4O2S/c1-16-11(5-6-14-16)15-19(17,18)10-4-2-3-9(12)8(10)7-13/h2-6,15H,7,13H2,1H3. The number of nitrogens with two attached hydrogens (primary N) is 1. The van der Waals surface area contributed by atoms with Crippen molar-refractivity contribution in [1.82, 2.24) is 9.78 Å². The highest BCUT2D eigenvalue weighted by Crippen LogP contribution is 2.21. The average molecular weight is 284 g/mol. The molecule has 1 aromatic carbocycles. The molecule has 2 aromatic rings. The van der Waals surface area contributed by atoms with Gasteiger partial charge in [0, 0.05) is 25.2 Å². The molecule has 1 aromatic heterocycles. The number of nitrogens with one attached hydrogen (secondary N) is 1. The number of rotatable bonds is 4. The van der Waals surface area contributed by atoms with Crippen molar-refractivity contribution in [2.45, 2.75) is 11.4 Å². The molecule has 0 saturated heterocycles. The van der Waals surface area contributed by atoms with E-state index < -0.39 is 15.8 Å². The number of benzene rings is 1. The predicted octanol–water partition coefficient (Wildman–Crippen LogP) is 0.819. The topological polar surface area (TPSA) is 90.0 Å². The van der Waals surface area contributed by atoms with Crippen LogP contribution in [-0.4, -0.2) is 18.2 Å². The Labute approximate surface area is 110 Å². The minimum atomic E-state index is -3.90. The van der Waals surface area contributed by atoms with E-state index in [9.17, 15) is 12.8 Å². The first-order valence-corrected chi connectivity index (χ1v) is 6.92. The molecule has 0 atom stereocenters. The molecule has 6 nitrogen and oxygen atoms in total. The molecule has 0 fully saturated rings. The fraction of sp³-hybridized carbons (Fsp3) is 0.182. The molecule has 1 heterocycles. The molecule has 0 aliphatic heterocycles. The van der Waals surface area contributed by atoms with Crippen LogP contribution >= 0.6 is 0 Å². The lowest BCUT2D eigenvalue weighted by atomic mass is 10.2. The maximum absolute atomic E-state index is 13.5. The smallest absolute Gasteiger partial charge is 0.263 e. The molecule has 0 amide bonds. The first-order valence-electron chi connectivity index (χ1n) is 5.44. The van der Waals surface area contributed by atoms with Crippen LogP contribution in [0.3, 0.4) is 0 Å². The molecule has 102 valence electrons. The highest BCUT2D eigenvalue weighted by molar-refractivity contribution is 7.92. The Kier molecular flexibility index (Phi) is 3.54. The molecule has 2 rings (SSSR count). The lowest BCUT2D eigenvalue weighted by molar-refractivity contribution is 0.585.